The summed E-state index contributed by atoms with van der Waals surface area (Å²) < 4.78 is 13.1. The number of aryl methyl sites for hydroxylation is 1. The minimum absolute atomic E-state index is 0.137. The van der Waals surface area contributed by atoms with Gasteiger partial charge in [0.2, 0.25) is 5.91 Å². The molecule has 3 rings (SSSR count). The Labute approximate surface area is 167 Å². The lowest BCUT2D eigenvalue weighted by Crippen LogP contribution is -2.37. The van der Waals surface area contributed by atoms with Crippen molar-refractivity contribution in [2.75, 3.05) is 13.7 Å². The second-order valence-corrected chi connectivity index (χ2v) is 7.63. The van der Waals surface area contributed by atoms with E-state index in [1.165, 1.54) is 12.8 Å². The number of carbonyl (C=O) groups is 1. The fourth-order valence-electron chi connectivity index (χ4n) is 3.63. The first-order chi connectivity index (χ1) is 13.6. The molecular weight excluding hydrogens is 354 g/mol. The molecule has 28 heavy (non-hydrogen) atoms. The Morgan fingerprint density at radius 1 is 1.25 bits per heavy atom. The highest BCUT2D eigenvalue weighted by atomic mass is 16.5. The van der Waals surface area contributed by atoms with Crippen molar-refractivity contribution in [1.29, 1.82) is 0 Å². The summed E-state index contributed by atoms with van der Waals surface area (Å²) >= 11 is 0. The van der Waals surface area contributed by atoms with Crippen molar-refractivity contribution in [3.8, 4) is 11.5 Å². The molecule has 6 heteroatoms. The number of carbonyl (C=O) groups excluding carboxylic acids is 1. The van der Waals surface area contributed by atoms with Crippen LogP contribution in [0.25, 0.3) is 0 Å². The second-order valence-electron chi connectivity index (χ2n) is 7.63. The fraction of sp³-hybridized carbons (Fsp3) is 0.545. The Morgan fingerprint density at radius 2 is 2.07 bits per heavy atom. The maximum absolute atomic E-state index is 12.3. The Bertz CT molecular complexity index is 737. The van der Waals surface area contributed by atoms with Gasteiger partial charge in [0.15, 0.2) is 11.5 Å². The van der Waals surface area contributed by atoms with Gasteiger partial charge in [0.1, 0.15) is 6.61 Å². The number of nitrogens with one attached hydrogen (secondary N) is 1. The maximum Gasteiger partial charge on any atom is 0.220 e. The van der Waals surface area contributed by atoms with Crippen molar-refractivity contribution in [2.45, 2.75) is 58.0 Å². The zero-order valence-electron chi connectivity index (χ0n) is 16.9. The normalized spacial score (nSPS) is 19.2. The fourth-order valence-corrected chi connectivity index (χ4v) is 3.63. The molecule has 1 N–H and O–H groups in total. The monoisotopic (exact) mass is 385 g/mol. The van der Waals surface area contributed by atoms with Crippen LogP contribution in [0.15, 0.2) is 36.7 Å². The van der Waals surface area contributed by atoms with E-state index in [-0.39, 0.29) is 5.91 Å². The van der Waals surface area contributed by atoms with Gasteiger partial charge in [0.05, 0.1) is 13.7 Å². The first kappa shape index (κ1) is 20.2. The third-order valence-electron chi connectivity index (χ3n) is 5.39. The Hall–Kier alpha value is -2.50. The van der Waals surface area contributed by atoms with Gasteiger partial charge in [0.25, 0.3) is 0 Å². The number of hydrogen-bond acceptors (Lipinski definition) is 4. The van der Waals surface area contributed by atoms with Crippen LogP contribution in [0.1, 0.15) is 44.6 Å². The van der Waals surface area contributed by atoms with Crippen LogP contribution in [0.3, 0.4) is 0 Å². The summed E-state index contributed by atoms with van der Waals surface area (Å²) in [5, 5.41) is 7.35. The van der Waals surface area contributed by atoms with E-state index in [4.69, 9.17) is 9.47 Å². The topological polar surface area (TPSA) is 65.4 Å². The van der Waals surface area contributed by atoms with Crippen LogP contribution in [0.2, 0.25) is 0 Å². The van der Waals surface area contributed by atoms with Gasteiger partial charge in [-0.2, -0.15) is 5.10 Å². The number of hydrogen-bond donors (Lipinski definition) is 1. The van der Waals surface area contributed by atoms with Crippen LogP contribution in [0.5, 0.6) is 11.5 Å². The van der Waals surface area contributed by atoms with E-state index in [0.717, 1.165) is 24.3 Å². The largest absolute Gasteiger partial charge is 0.493 e. The van der Waals surface area contributed by atoms with Crippen LogP contribution in [-0.4, -0.2) is 35.4 Å². The average Bonchev–Trinajstić information content (AvgIpc) is 3.22. The van der Waals surface area contributed by atoms with Gasteiger partial charge in [-0.25, -0.2) is 0 Å². The number of aromatic nitrogens is 2. The van der Waals surface area contributed by atoms with E-state index in [1.54, 1.807) is 13.3 Å². The van der Waals surface area contributed by atoms with E-state index in [0.29, 0.717) is 43.5 Å². The third-order valence-corrected chi connectivity index (χ3v) is 5.39. The summed E-state index contributed by atoms with van der Waals surface area (Å²) in [6.07, 6.45) is 9.47. The van der Waals surface area contributed by atoms with Gasteiger partial charge in [-0.1, -0.05) is 13.0 Å². The van der Waals surface area contributed by atoms with Crippen molar-refractivity contribution in [3.05, 3.63) is 42.2 Å². The van der Waals surface area contributed by atoms with E-state index >= 15 is 0 Å². The van der Waals surface area contributed by atoms with Gasteiger partial charge >= 0.3 is 0 Å². The number of nitrogens with zero attached hydrogens (tertiary/aromatic N) is 2. The highest BCUT2D eigenvalue weighted by molar-refractivity contribution is 5.76. The predicted molar refractivity (Wildman–Crippen MR) is 109 cm³/mol. The molecule has 1 saturated carbocycles. The molecule has 1 aromatic heterocycles. The van der Waals surface area contributed by atoms with E-state index in [1.807, 2.05) is 35.1 Å². The molecule has 0 atom stereocenters. The van der Waals surface area contributed by atoms with Crippen molar-refractivity contribution >= 4 is 5.91 Å². The van der Waals surface area contributed by atoms with Crippen LogP contribution >= 0.6 is 0 Å². The Morgan fingerprint density at radius 3 is 2.79 bits per heavy atom. The molecule has 1 heterocycles. The Kier molecular flexibility index (Phi) is 7.34. The lowest BCUT2D eigenvalue weighted by Gasteiger charge is -2.26. The molecule has 1 amide bonds. The lowest BCUT2D eigenvalue weighted by atomic mass is 9.87. The molecule has 0 unspecified atom stereocenters. The Balaban J connectivity index is 1.45. The first-order valence-electron chi connectivity index (χ1n) is 10.2. The smallest absolute Gasteiger partial charge is 0.220 e. The minimum atomic E-state index is 0.137. The molecule has 1 aliphatic rings. The number of benzene rings is 1. The van der Waals surface area contributed by atoms with Crippen molar-refractivity contribution in [2.24, 2.45) is 5.92 Å². The molecule has 0 bridgehead atoms. The summed E-state index contributed by atoms with van der Waals surface area (Å²) in [4.78, 5) is 12.3. The molecular formula is C22H31N3O3. The summed E-state index contributed by atoms with van der Waals surface area (Å²) in [5.41, 5.74) is 1.07. The highest BCUT2D eigenvalue weighted by Gasteiger charge is 2.19. The molecule has 1 aliphatic carbocycles. The standard InChI is InChI=1S/C22H31N3O3/c1-17-4-8-19(9-5-17)24-22(26)11-7-18-6-10-20(21(16-18)27-2)28-15-14-25-13-3-12-23-25/h3,6,10,12-13,16-17,19H,4-5,7-9,11,14-15H2,1-2H3,(H,24,26)/t17-,19-. The molecule has 1 aromatic carbocycles. The van der Waals surface area contributed by atoms with E-state index in [2.05, 4.69) is 17.3 Å². The van der Waals surface area contributed by atoms with Gasteiger partial charge < -0.3 is 14.8 Å². The number of rotatable bonds is 9. The van der Waals surface area contributed by atoms with Crippen LogP contribution in [0.4, 0.5) is 0 Å². The zero-order valence-corrected chi connectivity index (χ0v) is 16.9. The first-order valence-corrected chi connectivity index (χ1v) is 10.2. The highest BCUT2D eigenvalue weighted by Crippen LogP contribution is 2.28. The number of ether oxygens (including phenoxy) is 2. The van der Waals surface area contributed by atoms with E-state index in [9.17, 15) is 4.79 Å². The second kappa shape index (κ2) is 10.2. The average molecular weight is 386 g/mol. The van der Waals surface area contributed by atoms with Gasteiger partial charge in [-0.05, 0) is 61.8 Å². The maximum atomic E-state index is 12.3. The van der Waals surface area contributed by atoms with Crippen LogP contribution in [0, 0.1) is 5.92 Å². The van der Waals surface area contributed by atoms with E-state index < -0.39 is 0 Å². The molecule has 152 valence electrons. The molecule has 2 aromatic rings. The third kappa shape index (κ3) is 6.01. The molecule has 0 saturated heterocycles. The van der Waals surface area contributed by atoms with Gasteiger partial charge in [-0.15, -0.1) is 0 Å². The van der Waals surface area contributed by atoms with Gasteiger partial charge in [-0.3, -0.25) is 9.48 Å². The number of amides is 1. The zero-order chi connectivity index (χ0) is 19.8. The summed E-state index contributed by atoms with van der Waals surface area (Å²) in [5.74, 6) is 2.33. The molecule has 1 fully saturated rings. The van der Waals surface area contributed by atoms with Crippen molar-refractivity contribution < 1.29 is 14.3 Å². The van der Waals surface area contributed by atoms with Crippen molar-refractivity contribution in [1.82, 2.24) is 15.1 Å². The summed E-state index contributed by atoms with van der Waals surface area (Å²) in [6.45, 7) is 3.48. The molecule has 0 radical (unpaired) electrons. The molecule has 6 nitrogen and oxygen atoms in total. The summed E-state index contributed by atoms with van der Waals surface area (Å²) in [6, 6.07) is 8.11. The quantitative estimate of drug-likeness (QED) is 0.716. The minimum Gasteiger partial charge on any atom is -0.493 e. The summed E-state index contributed by atoms with van der Waals surface area (Å²) in [7, 11) is 1.64. The molecule has 0 spiro atoms. The van der Waals surface area contributed by atoms with Crippen molar-refractivity contribution in [3.63, 3.8) is 0 Å². The lowest BCUT2D eigenvalue weighted by molar-refractivity contribution is -0.122. The van der Waals surface area contributed by atoms with Gasteiger partial charge in [0, 0.05) is 24.9 Å². The van der Waals surface area contributed by atoms with Crippen LogP contribution in [-0.2, 0) is 17.8 Å². The van der Waals surface area contributed by atoms with Crippen LogP contribution < -0.4 is 14.8 Å². The molecule has 0 aliphatic heterocycles. The number of methoxy groups -OCH3 is 1. The predicted octanol–water partition coefficient (Wildman–Crippen LogP) is 3.60. The SMILES string of the molecule is COc1cc(CCC(=O)N[C@H]2CC[C@H](C)CC2)ccc1OCCn1cccn1.